The maximum atomic E-state index is 11.3. The van der Waals surface area contributed by atoms with E-state index < -0.39 is 23.0 Å². The van der Waals surface area contributed by atoms with Gasteiger partial charge in [0, 0.05) is 0 Å². The van der Waals surface area contributed by atoms with Crippen LogP contribution in [-0.4, -0.2) is 64.5 Å². The fourth-order valence-electron chi connectivity index (χ4n) is 1.17. The van der Waals surface area contributed by atoms with Crippen molar-refractivity contribution in [3.05, 3.63) is 29.3 Å². The zero-order valence-corrected chi connectivity index (χ0v) is 9.95. The third-order valence-corrected chi connectivity index (χ3v) is 2.59. The van der Waals surface area contributed by atoms with Crippen LogP contribution in [0.4, 0.5) is 0 Å². The number of methoxy groups -OCH3 is 2. The maximum absolute atomic E-state index is 11.3. The average molecular weight is 282 g/mol. The van der Waals surface area contributed by atoms with Gasteiger partial charge in [-0.05, 0) is 18.2 Å². The molecule has 0 aliphatic rings. The molecule has 0 fully saturated rings. The molecular formula is C10H11NaO6S. The molecule has 0 spiro atoms. The summed E-state index contributed by atoms with van der Waals surface area (Å²) in [4.78, 5) is 22.5. The summed E-state index contributed by atoms with van der Waals surface area (Å²) in [5.74, 6) is -1.41. The van der Waals surface area contributed by atoms with Crippen LogP contribution in [0.5, 0.6) is 0 Å². The number of hydrogen-bond acceptors (Lipinski definition) is 5. The molecule has 6 nitrogen and oxygen atoms in total. The van der Waals surface area contributed by atoms with Crippen LogP contribution in [0.15, 0.2) is 23.1 Å². The van der Waals surface area contributed by atoms with E-state index in [0.29, 0.717) is 0 Å². The first kappa shape index (κ1) is 17.3. The summed E-state index contributed by atoms with van der Waals surface area (Å²) in [6.07, 6.45) is 0. The van der Waals surface area contributed by atoms with E-state index in [2.05, 4.69) is 9.47 Å². The van der Waals surface area contributed by atoms with Crippen molar-refractivity contribution in [3.63, 3.8) is 0 Å². The summed E-state index contributed by atoms with van der Waals surface area (Å²) in [7, 11) is 2.34. The van der Waals surface area contributed by atoms with E-state index in [1.807, 2.05) is 0 Å². The summed E-state index contributed by atoms with van der Waals surface area (Å²) >= 11 is -2.30. The molecule has 18 heavy (non-hydrogen) atoms. The van der Waals surface area contributed by atoms with Gasteiger partial charge >= 0.3 is 41.5 Å². The molecule has 0 amide bonds. The van der Waals surface area contributed by atoms with Gasteiger partial charge in [0.15, 0.2) is 11.1 Å². The van der Waals surface area contributed by atoms with Crippen molar-refractivity contribution in [2.45, 2.75) is 4.90 Å². The van der Waals surface area contributed by atoms with E-state index in [4.69, 9.17) is 4.55 Å². The minimum absolute atomic E-state index is 0. The molecule has 1 atom stereocenters. The van der Waals surface area contributed by atoms with Crippen molar-refractivity contribution >= 4 is 52.6 Å². The Morgan fingerprint density at radius 2 is 1.44 bits per heavy atom. The molecule has 8 heteroatoms. The van der Waals surface area contributed by atoms with Crippen LogP contribution in [0.2, 0.25) is 0 Å². The third kappa shape index (κ3) is 4.18. The molecule has 1 aromatic carbocycles. The van der Waals surface area contributed by atoms with Gasteiger partial charge in [-0.1, -0.05) is 0 Å². The Kier molecular flexibility index (Phi) is 7.34. The van der Waals surface area contributed by atoms with Crippen LogP contribution in [0.1, 0.15) is 20.7 Å². The number of ether oxygens (including phenoxy) is 2. The molecule has 0 heterocycles. The van der Waals surface area contributed by atoms with Gasteiger partial charge in [-0.3, -0.25) is 0 Å². The van der Waals surface area contributed by atoms with E-state index >= 15 is 0 Å². The monoisotopic (exact) mass is 282 g/mol. The van der Waals surface area contributed by atoms with Crippen LogP contribution in [0.3, 0.4) is 0 Å². The van der Waals surface area contributed by atoms with Crippen molar-refractivity contribution in [1.82, 2.24) is 0 Å². The second-order valence-corrected chi connectivity index (χ2v) is 3.95. The first-order valence-corrected chi connectivity index (χ1v) is 5.53. The van der Waals surface area contributed by atoms with Gasteiger partial charge in [0.05, 0.1) is 30.2 Å². The fraction of sp³-hybridized carbons (Fsp3) is 0.200. The topological polar surface area (TPSA) is 89.9 Å². The Morgan fingerprint density at radius 1 is 1.06 bits per heavy atom. The third-order valence-electron chi connectivity index (χ3n) is 1.95. The van der Waals surface area contributed by atoms with Crippen LogP contribution < -0.4 is 0 Å². The number of benzene rings is 1. The van der Waals surface area contributed by atoms with Crippen molar-refractivity contribution in [2.24, 2.45) is 0 Å². The van der Waals surface area contributed by atoms with Crippen LogP contribution in [0, 0.1) is 0 Å². The number of rotatable bonds is 3. The Balaban J connectivity index is 0.00000289. The Bertz CT molecular complexity index is 453. The average Bonchev–Trinajstić information content (AvgIpc) is 2.36. The fourth-order valence-corrected chi connectivity index (χ4v) is 1.63. The van der Waals surface area contributed by atoms with Crippen molar-refractivity contribution in [2.75, 3.05) is 14.2 Å². The van der Waals surface area contributed by atoms with Crippen LogP contribution >= 0.6 is 0 Å². The molecule has 94 valence electrons. The number of carbonyl (C=O) groups is 2. The molecule has 0 aliphatic carbocycles. The Hall–Kier alpha value is -0.730. The van der Waals surface area contributed by atoms with E-state index in [1.165, 1.54) is 32.4 Å². The molecule has 1 unspecified atom stereocenters. The van der Waals surface area contributed by atoms with Gasteiger partial charge in [-0.15, -0.1) is 0 Å². The summed E-state index contributed by atoms with van der Waals surface area (Å²) < 4.78 is 28.8. The van der Waals surface area contributed by atoms with Gasteiger partial charge in [0.1, 0.15) is 0 Å². The number of hydrogen-bond donors (Lipinski definition) is 1. The molecule has 0 radical (unpaired) electrons. The molecule has 1 aromatic rings. The van der Waals surface area contributed by atoms with Gasteiger partial charge < -0.3 is 14.0 Å². The molecule has 0 aromatic heterocycles. The van der Waals surface area contributed by atoms with Crippen LogP contribution in [-0.2, 0) is 20.6 Å². The number of carbonyl (C=O) groups excluding carboxylic acids is 2. The normalized spacial score (nSPS) is 11.1. The van der Waals surface area contributed by atoms with E-state index in [0.717, 1.165) is 0 Å². The van der Waals surface area contributed by atoms with Gasteiger partial charge in [-0.25, -0.2) is 13.8 Å². The second-order valence-electron chi connectivity index (χ2n) is 2.98. The van der Waals surface area contributed by atoms with E-state index in [9.17, 15) is 13.8 Å². The Labute approximate surface area is 128 Å². The minimum atomic E-state index is -2.30. The summed E-state index contributed by atoms with van der Waals surface area (Å²) in [6.45, 7) is 0. The Morgan fingerprint density at radius 3 is 1.72 bits per heavy atom. The van der Waals surface area contributed by atoms with Crippen molar-refractivity contribution in [1.29, 1.82) is 0 Å². The molecule has 1 N–H and O–H groups in total. The van der Waals surface area contributed by atoms with Crippen molar-refractivity contribution in [3.8, 4) is 0 Å². The summed E-state index contributed by atoms with van der Waals surface area (Å²) in [6, 6.07) is 3.58. The summed E-state index contributed by atoms with van der Waals surface area (Å²) in [5, 5.41) is 0. The van der Waals surface area contributed by atoms with Crippen molar-refractivity contribution < 1.29 is 27.8 Å². The first-order valence-electron chi connectivity index (χ1n) is 4.42. The predicted octanol–water partition coefficient (Wildman–Crippen LogP) is 0.192. The van der Waals surface area contributed by atoms with Crippen LogP contribution in [0.25, 0.3) is 0 Å². The molecule has 0 saturated carbocycles. The summed E-state index contributed by atoms with van der Waals surface area (Å²) in [5.41, 5.74) is 0.0144. The predicted molar refractivity (Wildman–Crippen MR) is 65.3 cm³/mol. The van der Waals surface area contributed by atoms with Gasteiger partial charge in [0.2, 0.25) is 0 Å². The molecule has 0 aliphatic heterocycles. The zero-order chi connectivity index (χ0) is 13.0. The quantitative estimate of drug-likeness (QED) is 0.483. The SMILES string of the molecule is COC(=O)c1cc(C(=O)OC)cc(S(=O)O)c1.[NaH]. The van der Waals surface area contributed by atoms with Gasteiger partial charge in [0.25, 0.3) is 0 Å². The van der Waals surface area contributed by atoms with E-state index in [1.54, 1.807) is 0 Å². The molecule has 0 bridgehead atoms. The first-order chi connectivity index (χ1) is 7.99. The molecule has 1 rings (SSSR count). The molecular weight excluding hydrogens is 271 g/mol. The zero-order valence-electron chi connectivity index (χ0n) is 9.13. The standard InChI is InChI=1S/C10H10O6S.Na.H/c1-15-9(11)6-3-7(10(12)16-2)5-8(4-6)17(13)14;;/h3-5H,1-2H3,(H,13,14);;. The van der Waals surface area contributed by atoms with Gasteiger partial charge in [-0.2, -0.15) is 0 Å². The number of esters is 2. The van der Waals surface area contributed by atoms with E-state index in [-0.39, 0.29) is 45.6 Å². The second kappa shape index (κ2) is 7.65. The molecule has 0 saturated heterocycles.